The topological polar surface area (TPSA) is 64.8 Å². The summed E-state index contributed by atoms with van der Waals surface area (Å²) >= 11 is 0. The molecule has 4 rings (SSSR count). The third kappa shape index (κ3) is 3.29. The number of benzene rings is 1. The highest BCUT2D eigenvalue weighted by atomic mass is 16.5. The van der Waals surface area contributed by atoms with Gasteiger partial charge in [-0.1, -0.05) is 6.92 Å². The number of ether oxygens (including phenoxy) is 2. The van der Waals surface area contributed by atoms with E-state index in [4.69, 9.17) is 9.47 Å². The lowest BCUT2D eigenvalue weighted by Crippen LogP contribution is -2.38. The largest absolute Gasteiger partial charge is 0.497 e. The van der Waals surface area contributed by atoms with Crippen molar-refractivity contribution in [3.63, 3.8) is 0 Å². The summed E-state index contributed by atoms with van der Waals surface area (Å²) < 4.78 is 13.1. The van der Waals surface area contributed by atoms with Crippen LogP contribution in [-0.2, 0) is 6.42 Å². The Morgan fingerprint density at radius 3 is 2.54 bits per heavy atom. The monoisotopic (exact) mass is 353 g/mol. The molecule has 0 radical (unpaired) electrons. The predicted octanol–water partition coefficient (Wildman–Crippen LogP) is 2.74. The Balaban J connectivity index is 1.44. The van der Waals surface area contributed by atoms with E-state index in [2.05, 4.69) is 33.2 Å². The molecule has 0 amide bonds. The normalized spacial score (nSPS) is 15.4. The van der Waals surface area contributed by atoms with E-state index in [-0.39, 0.29) is 6.10 Å². The summed E-state index contributed by atoms with van der Waals surface area (Å²) in [5.74, 6) is 1.73. The number of methoxy groups -OCH3 is 1. The number of aryl methyl sites for hydroxylation is 1. The molecule has 1 aromatic carbocycles. The maximum atomic E-state index is 6.13. The maximum absolute atomic E-state index is 6.13. The van der Waals surface area contributed by atoms with Crippen molar-refractivity contribution in [2.24, 2.45) is 0 Å². The molecule has 0 saturated carbocycles. The van der Waals surface area contributed by atoms with Crippen molar-refractivity contribution in [3.05, 3.63) is 42.4 Å². The molecule has 0 aliphatic carbocycles. The van der Waals surface area contributed by atoms with Gasteiger partial charge in [-0.05, 0) is 36.8 Å². The Bertz CT molecular complexity index is 869. The minimum Gasteiger partial charge on any atom is -0.497 e. The third-order valence-electron chi connectivity index (χ3n) is 4.81. The molecule has 0 spiro atoms. The molecule has 1 fully saturated rings. The van der Waals surface area contributed by atoms with E-state index in [1.54, 1.807) is 18.0 Å². The Kier molecular flexibility index (Phi) is 4.60. The number of aromatic nitrogens is 4. The molecule has 136 valence electrons. The van der Waals surface area contributed by atoms with Gasteiger partial charge in [-0.15, -0.1) is 10.2 Å². The average molecular weight is 353 g/mol. The van der Waals surface area contributed by atoms with Crippen LogP contribution in [0, 0.1) is 0 Å². The van der Waals surface area contributed by atoms with Gasteiger partial charge in [-0.25, -0.2) is 0 Å². The van der Waals surface area contributed by atoms with Gasteiger partial charge in [0.1, 0.15) is 23.9 Å². The second kappa shape index (κ2) is 7.19. The quantitative estimate of drug-likeness (QED) is 0.703. The van der Waals surface area contributed by atoms with Gasteiger partial charge in [0.25, 0.3) is 0 Å². The van der Waals surface area contributed by atoms with Crippen molar-refractivity contribution in [1.29, 1.82) is 0 Å². The van der Waals surface area contributed by atoms with Crippen LogP contribution in [0.4, 0.5) is 5.69 Å². The highest BCUT2D eigenvalue weighted by Crippen LogP contribution is 2.27. The zero-order valence-corrected chi connectivity index (χ0v) is 15.1. The Labute approximate surface area is 152 Å². The van der Waals surface area contributed by atoms with Crippen molar-refractivity contribution >= 4 is 11.3 Å². The van der Waals surface area contributed by atoms with Crippen molar-refractivity contribution in [2.45, 2.75) is 32.3 Å². The molecular weight excluding hydrogens is 330 g/mol. The van der Waals surface area contributed by atoms with Crippen molar-refractivity contribution in [2.75, 3.05) is 25.1 Å². The van der Waals surface area contributed by atoms with Crippen molar-refractivity contribution in [1.82, 2.24) is 19.8 Å². The Morgan fingerprint density at radius 1 is 1.12 bits per heavy atom. The first-order chi connectivity index (χ1) is 12.8. The Morgan fingerprint density at radius 2 is 1.85 bits per heavy atom. The summed E-state index contributed by atoms with van der Waals surface area (Å²) in [6.45, 7) is 3.96. The second-order valence-electron chi connectivity index (χ2n) is 6.45. The summed E-state index contributed by atoms with van der Waals surface area (Å²) in [6, 6.07) is 9.91. The lowest BCUT2D eigenvalue weighted by molar-refractivity contribution is 0.171. The molecule has 0 atom stereocenters. The first-order valence-corrected chi connectivity index (χ1v) is 9.02. The fourth-order valence-corrected chi connectivity index (χ4v) is 3.33. The summed E-state index contributed by atoms with van der Waals surface area (Å²) in [5.41, 5.74) is 2.97. The number of hydrogen-bond acceptors (Lipinski definition) is 6. The van der Waals surface area contributed by atoms with Gasteiger partial charge in [-0.2, -0.15) is 9.61 Å². The minimum atomic E-state index is 0.223. The second-order valence-corrected chi connectivity index (χ2v) is 6.45. The molecule has 7 nitrogen and oxygen atoms in total. The highest BCUT2D eigenvalue weighted by Gasteiger charge is 2.23. The van der Waals surface area contributed by atoms with E-state index < -0.39 is 0 Å². The van der Waals surface area contributed by atoms with Crippen LogP contribution in [0.5, 0.6) is 11.5 Å². The smallest absolute Gasteiger partial charge is 0.200 e. The fraction of sp³-hybridized carbons (Fsp3) is 0.421. The lowest BCUT2D eigenvalue weighted by atomic mass is 10.1. The van der Waals surface area contributed by atoms with Gasteiger partial charge >= 0.3 is 0 Å². The SMILES string of the molecule is CCc1cc(N2CCC(Oc3ccc(OC)cc3)CC2)c2nncn2n1. The minimum absolute atomic E-state index is 0.223. The van der Waals surface area contributed by atoms with Crippen LogP contribution >= 0.6 is 0 Å². The number of piperidine rings is 1. The molecule has 26 heavy (non-hydrogen) atoms. The van der Waals surface area contributed by atoms with Gasteiger partial charge < -0.3 is 14.4 Å². The van der Waals surface area contributed by atoms with Crippen LogP contribution in [0.25, 0.3) is 5.65 Å². The van der Waals surface area contributed by atoms with E-state index in [0.717, 1.165) is 60.9 Å². The van der Waals surface area contributed by atoms with Gasteiger partial charge in [0, 0.05) is 25.9 Å². The number of rotatable bonds is 5. The van der Waals surface area contributed by atoms with Crippen molar-refractivity contribution in [3.8, 4) is 11.5 Å². The lowest BCUT2D eigenvalue weighted by Gasteiger charge is -2.33. The van der Waals surface area contributed by atoms with Gasteiger partial charge in [-0.3, -0.25) is 0 Å². The van der Waals surface area contributed by atoms with Gasteiger partial charge in [0.2, 0.25) is 5.65 Å². The van der Waals surface area contributed by atoms with Crippen LogP contribution in [0.15, 0.2) is 36.7 Å². The van der Waals surface area contributed by atoms with Gasteiger partial charge in [0.05, 0.1) is 18.5 Å². The van der Waals surface area contributed by atoms with Crippen molar-refractivity contribution < 1.29 is 9.47 Å². The standard InChI is InChI=1S/C19H23N5O2/c1-3-14-12-18(19-21-20-13-24(19)22-14)23-10-8-17(9-11-23)26-16-6-4-15(25-2)5-7-16/h4-7,12-13,17H,3,8-11H2,1-2H3. The molecule has 1 saturated heterocycles. The van der Waals surface area contributed by atoms with Crippen LogP contribution in [-0.4, -0.2) is 46.1 Å². The number of hydrogen-bond donors (Lipinski definition) is 0. The predicted molar refractivity (Wildman–Crippen MR) is 99.0 cm³/mol. The zero-order chi connectivity index (χ0) is 17.9. The van der Waals surface area contributed by atoms with Crippen LogP contribution in [0.2, 0.25) is 0 Å². The van der Waals surface area contributed by atoms with Crippen LogP contribution in [0.1, 0.15) is 25.5 Å². The van der Waals surface area contributed by atoms with Gasteiger partial charge in [0.15, 0.2) is 0 Å². The molecule has 0 unspecified atom stereocenters. The number of fused-ring (bicyclic) bond motifs is 1. The van der Waals surface area contributed by atoms with Crippen LogP contribution < -0.4 is 14.4 Å². The number of nitrogens with zero attached hydrogens (tertiary/aromatic N) is 5. The third-order valence-corrected chi connectivity index (χ3v) is 4.81. The molecule has 1 aliphatic heterocycles. The summed E-state index contributed by atoms with van der Waals surface area (Å²) in [7, 11) is 1.67. The average Bonchev–Trinajstić information content (AvgIpc) is 3.17. The molecule has 0 bridgehead atoms. The highest BCUT2D eigenvalue weighted by molar-refractivity contribution is 5.68. The van der Waals surface area contributed by atoms with E-state index in [0.29, 0.717) is 0 Å². The first kappa shape index (κ1) is 16.6. The molecule has 7 heteroatoms. The number of anilines is 1. The molecule has 3 aromatic rings. The van der Waals surface area contributed by atoms with E-state index in [9.17, 15) is 0 Å². The molecule has 1 aliphatic rings. The molecule has 0 N–H and O–H groups in total. The van der Waals surface area contributed by atoms with E-state index in [1.165, 1.54) is 0 Å². The van der Waals surface area contributed by atoms with Crippen LogP contribution in [0.3, 0.4) is 0 Å². The maximum Gasteiger partial charge on any atom is 0.200 e. The fourth-order valence-electron chi connectivity index (χ4n) is 3.33. The summed E-state index contributed by atoms with van der Waals surface area (Å²) in [5, 5.41) is 12.8. The molecular formula is C19H23N5O2. The van der Waals surface area contributed by atoms with E-state index >= 15 is 0 Å². The van der Waals surface area contributed by atoms with E-state index in [1.807, 2.05) is 24.3 Å². The molecule has 3 heterocycles. The first-order valence-electron chi connectivity index (χ1n) is 9.02. The summed E-state index contributed by atoms with van der Waals surface area (Å²) in [4.78, 5) is 2.36. The Hall–Kier alpha value is -2.83. The molecule has 2 aromatic heterocycles. The zero-order valence-electron chi connectivity index (χ0n) is 15.1. The summed E-state index contributed by atoms with van der Waals surface area (Å²) in [6.07, 6.45) is 4.71.